The van der Waals surface area contributed by atoms with Gasteiger partial charge >= 0.3 is 0 Å². The Kier molecular flexibility index (Phi) is 4.87. The number of nitrogens with zero attached hydrogens (tertiary/aromatic N) is 4. The van der Waals surface area contributed by atoms with Gasteiger partial charge in [0, 0.05) is 24.9 Å². The van der Waals surface area contributed by atoms with Crippen molar-refractivity contribution in [2.24, 2.45) is 5.92 Å². The molecule has 3 aromatic rings. The minimum atomic E-state index is -0.716. The van der Waals surface area contributed by atoms with Crippen LogP contribution in [0.2, 0.25) is 0 Å². The second-order valence-corrected chi connectivity index (χ2v) is 6.16. The van der Waals surface area contributed by atoms with Gasteiger partial charge < -0.3 is 10.3 Å². The number of carbonyl (C=O) groups is 1. The van der Waals surface area contributed by atoms with Gasteiger partial charge in [-0.1, -0.05) is 31.2 Å². The van der Waals surface area contributed by atoms with Gasteiger partial charge in [0.05, 0.1) is 11.7 Å². The maximum absolute atomic E-state index is 12.7. The van der Waals surface area contributed by atoms with Crippen LogP contribution in [0.5, 0.6) is 0 Å². The van der Waals surface area contributed by atoms with Gasteiger partial charge in [0.15, 0.2) is 0 Å². The average molecular weight is 340 g/mol. The van der Waals surface area contributed by atoms with Crippen molar-refractivity contribution in [3.05, 3.63) is 52.8 Å². The monoisotopic (exact) mass is 340 g/mol. The Morgan fingerprint density at radius 1 is 1.32 bits per heavy atom. The van der Waals surface area contributed by atoms with Crippen molar-refractivity contribution < 1.29 is 4.79 Å². The molecule has 1 amide bonds. The molecule has 1 atom stereocenters. The van der Waals surface area contributed by atoms with Gasteiger partial charge in [-0.2, -0.15) is 4.68 Å². The lowest BCUT2D eigenvalue weighted by Gasteiger charge is -2.21. The van der Waals surface area contributed by atoms with Crippen molar-refractivity contribution in [3.8, 4) is 0 Å². The Morgan fingerprint density at radius 2 is 2.12 bits per heavy atom. The average Bonchev–Trinajstić information content (AvgIpc) is 3.10. The SMILES string of the molecule is CC(C)[C@@H](C(=O)NCCc1cnc[nH]1)n1nnc2ccccc2c1=O. The number of fused-ring (bicyclic) bond motifs is 1. The summed E-state index contributed by atoms with van der Waals surface area (Å²) in [6.45, 7) is 4.20. The second kappa shape index (κ2) is 7.25. The first-order valence-corrected chi connectivity index (χ1v) is 8.17. The highest BCUT2D eigenvalue weighted by Crippen LogP contribution is 2.16. The van der Waals surface area contributed by atoms with Gasteiger partial charge in [0.25, 0.3) is 5.56 Å². The molecule has 2 heterocycles. The first kappa shape index (κ1) is 16.8. The first-order chi connectivity index (χ1) is 12.1. The van der Waals surface area contributed by atoms with E-state index in [1.54, 1.807) is 36.8 Å². The van der Waals surface area contributed by atoms with Crippen LogP contribution in [0.4, 0.5) is 0 Å². The highest BCUT2D eigenvalue weighted by molar-refractivity contribution is 5.81. The Bertz CT molecular complexity index is 916. The third-order valence-electron chi connectivity index (χ3n) is 4.00. The molecule has 0 fully saturated rings. The Hall–Kier alpha value is -3.03. The van der Waals surface area contributed by atoms with E-state index in [2.05, 4.69) is 25.6 Å². The molecule has 2 N–H and O–H groups in total. The molecule has 0 radical (unpaired) electrons. The van der Waals surface area contributed by atoms with Crippen LogP contribution in [0.1, 0.15) is 25.6 Å². The number of benzene rings is 1. The Morgan fingerprint density at radius 3 is 2.84 bits per heavy atom. The number of amides is 1. The molecule has 0 spiro atoms. The van der Waals surface area contributed by atoms with Crippen LogP contribution < -0.4 is 10.9 Å². The summed E-state index contributed by atoms with van der Waals surface area (Å²) in [5.41, 5.74) is 1.14. The number of carbonyl (C=O) groups excluding carboxylic acids is 1. The van der Waals surface area contributed by atoms with Crippen molar-refractivity contribution in [1.29, 1.82) is 0 Å². The van der Waals surface area contributed by atoms with Gasteiger partial charge in [-0.3, -0.25) is 9.59 Å². The molecule has 130 valence electrons. The molecule has 0 unspecified atom stereocenters. The van der Waals surface area contributed by atoms with Crippen molar-refractivity contribution in [3.63, 3.8) is 0 Å². The van der Waals surface area contributed by atoms with Crippen LogP contribution >= 0.6 is 0 Å². The van der Waals surface area contributed by atoms with E-state index < -0.39 is 6.04 Å². The van der Waals surface area contributed by atoms with Crippen LogP contribution in [-0.2, 0) is 11.2 Å². The topological polar surface area (TPSA) is 106 Å². The van der Waals surface area contributed by atoms with Crippen LogP contribution in [0, 0.1) is 5.92 Å². The number of hydrogen-bond donors (Lipinski definition) is 2. The van der Waals surface area contributed by atoms with E-state index in [9.17, 15) is 9.59 Å². The minimum absolute atomic E-state index is 0.111. The summed E-state index contributed by atoms with van der Waals surface area (Å²) >= 11 is 0. The van der Waals surface area contributed by atoms with E-state index in [1.165, 1.54) is 4.68 Å². The smallest absolute Gasteiger partial charge is 0.278 e. The summed E-state index contributed by atoms with van der Waals surface area (Å²) in [6, 6.07) is 6.26. The molecule has 8 heteroatoms. The minimum Gasteiger partial charge on any atom is -0.354 e. The highest BCUT2D eigenvalue weighted by atomic mass is 16.2. The highest BCUT2D eigenvalue weighted by Gasteiger charge is 2.27. The van der Waals surface area contributed by atoms with E-state index in [4.69, 9.17) is 0 Å². The molecule has 25 heavy (non-hydrogen) atoms. The summed E-state index contributed by atoms with van der Waals surface area (Å²) in [4.78, 5) is 32.3. The number of hydrogen-bond acceptors (Lipinski definition) is 5. The fourth-order valence-corrected chi connectivity index (χ4v) is 2.73. The number of imidazole rings is 1. The molecule has 0 aliphatic heterocycles. The molecule has 0 aliphatic rings. The van der Waals surface area contributed by atoms with Crippen LogP contribution in [0.15, 0.2) is 41.6 Å². The number of rotatable bonds is 6. The first-order valence-electron chi connectivity index (χ1n) is 8.17. The summed E-state index contributed by atoms with van der Waals surface area (Å²) in [5, 5.41) is 11.4. The fourth-order valence-electron chi connectivity index (χ4n) is 2.73. The Balaban J connectivity index is 1.82. The lowest BCUT2D eigenvalue weighted by Crippen LogP contribution is -2.42. The summed E-state index contributed by atoms with van der Waals surface area (Å²) in [7, 11) is 0. The number of aromatic nitrogens is 5. The molecular formula is C17H20N6O2. The zero-order valence-electron chi connectivity index (χ0n) is 14.1. The van der Waals surface area contributed by atoms with E-state index in [0.29, 0.717) is 23.9 Å². The van der Waals surface area contributed by atoms with Crippen molar-refractivity contribution >= 4 is 16.8 Å². The van der Waals surface area contributed by atoms with E-state index in [-0.39, 0.29) is 17.4 Å². The summed E-state index contributed by atoms with van der Waals surface area (Å²) in [5.74, 6) is -0.360. The van der Waals surface area contributed by atoms with Crippen molar-refractivity contribution in [1.82, 2.24) is 30.3 Å². The molecule has 0 saturated heterocycles. The summed E-state index contributed by atoms with van der Waals surface area (Å²) < 4.78 is 1.18. The zero-order valence-corrected chi connectivity index (χ0v) is 14.1. The van der Waals surface area contributed by atoms with Gasteiger partial charge in [-0.25, -0.2) is 4.98 Å². The maximum atomic E-state index is 12.7. The molecular weight excluding hydrogens is 320 g/mol. The van der Waals surface area contributed by atoms with Crippen LogP contribution in [-0.4, -0.2) is 37.4 Å². The number of H-pyrrole nitrogens is 1. The third-order valence-corrected chi connectivity index (χ3v) is 4.00. The normalized spacial score (nSPS) is 12.4. The quantitative estimate of drug-likeness (QED) is 0.698. The van der Waals surface area contributed by atoms with Crippen LogP contribution in [0.3, 0.4) is 0 Å². The van der Waals surface area contributed by atoms with E-state index >= 15 is 0 Å². The summed E-state index contributed by atoms with van der Waals surface area (Å²) in [6.07, 6.45) is 3.94. The van der Waals surface area contributed by atoms with Crippen LogP contribution in [0.25, 0.3) is 10.9 Å². The molecule has 2 aromatic heterocycles. The third kappa shape index (κ3) is 3.57. The molecule has 0 saturated carbocycles. The zero-order chi connectivity index (χ0) is 17.8. The molecule has 8 nitrogen and oxygen atoms in total. The van der Waals surface area contributed by atoms with Gasteiger partial charge in [0.2, 0.25) is 5.91 Å². The molecule has 1 aromatic carbocycles. The lowest BCUT2D eigenvalue weighted by molar-refractivity contribution is -0.126. The van der Waals surface area contributed by atoms with Gasteiger partial charge in [0.1, 0.15) is 11.6 Å². The predicted molar refractivity (Wildman–Crippen MR) is 93.0 cm³/mol. The number of nitrogens with one attached hydrogen (secondary N) is 2. The molecule has 0 aliphatic carbocycles. The molecule has 3 rings (SSSR count). The Labute approximate surface area is 144 Å². The predicted octanol–water partition coefficient (Wildman–Crippen LogP) is 1.07. The van der Waals surface area contributed by atoms with E-state index in [1.807, 2.05) is 13.8 Å². The van der Waals surface area contributed by atoms with E-state index in [0.717, 1.165) is 5.69 Å². The fraction of sp³-hybridized carbons (Fsp3) is 0.353. The molecule has 0 bridgehead atoms. The largest absolute Gasteiger partial charge is 0.354 e. The van der Waals surface area contributed by atoms with Gasteiger partial charge in [-0.15, -0.1) is 5.10 Å². The second-order valence-electron chi connectivity index (χ2n) is 6.16. The lowest BCUT2D eigenvalue weighted by atomic mass is 10.0. The van der Waals surface area contributed by atoms with Crippen molar-refractivity contribution in [2.45, 2.75) is 26.3 Å². The van der Waals surface area contributed by atoms with Gasteiger partial charge in [-0.05, 0) is 18.1 Å². The van der Waals surface area contributed by atoms with Crippen molar-refractivity contribution in [2.75, 3.05) is 6.54 Å². The standard InChI is InChI=1S/C17H20N6O2/c1-11(2)15(16(24)19-8-7-12-9-18-10-20-12)23-17(25)13-5-3-4-6-14(13)21-22-23/h3-6,9-11,15H,7-8H2,1-2H3,(H,18,20)(H,19,24)/t15-/m0/s1. The maximum Gasteiger partial charge on any atom is 0.278 e. The number of aromatic amines is 1.